The molecule has 2 heterocycles. The fourth-order valence-electron chi connectivity index (χ4n) is 3.64. The van der Waals surface area contributed by atoms with Gasteiger partial charge in [0, 0.05) is 23.2 Å². The Kier molecular flexibility index (Phi) is 6.47. The molecule has 0 aliphatic carbocycles. The number of nitrogens with one attached hydrogen (secondary N) is 1. The molecular weight excluding hydrogens is 444 g/mol. The van der Waals surface area contributed by atoms with Crippen molar-refractivity contribution in [3.05, 3.63) is 53.0 Å². The smallest absolute Gasteiger partial charge is 0.258 e. The number of para-hydroxylation sites is 2. The third kappa shape index (κ3) is 4.73. The van der Waals surface area contributed by atoms with E-state index in [-0.39, 0.29) is 11.8 Å². The number of fused-ring (bicyclic) bond motifs is 1. The van der Waals surface area contributed by atoms with Gasteiger partial charge in [-0.2, -0.15) is 0 Å². The van der Waals surface area contributed by atoms with Crippen LogP contribution in [-0.4, -0.2) is 35.6 Å². The number of benzene rings is 2. The van der Waals surface area contributed by atoms with E-state index >= 15 is 0 Å². The lowest BCUT2D eigenvalue weighted by molar-refractivity contribution is -0.120. The van der Waals surface area contributed by atoms with Crippen LogP contribution < -0.4 is 15.0 Å². The molecule has 1 atom stereocenters. The molecule has 156 valence electrons. The molecule has 0 bridgehead atoms. The maximum Gasteiger partial charge on any atom is 0.258 e. The Morgan fingerprint density at radius 2 is 1.90 bits per heavy atom. The zero-order valence-electron chi connectivity index (χ0n) is 17.0. The van der Waals surface area contributed by atoms with Crippen molar-refractivity contribution in [2.75, 3.05) is 29.9 Å². The molecule has 0 saturated carbocycles. The highest BCUT2D eigenvalue weighted by Crippen LogP contribution is 2.31. The first-order chi connectivity index (χ1) is 14.6. The maximum atomic E-state index is 12.9. The van der Waals surface area contributed by atoms with Crippen molar-refractivity contribution in [3.8, 4) is 5.88 Å². The van der Waals surface area contributed by atoms with Crippen molar-refractivity contribution in [1.29, 1.82) is 0 Å². The average molecular weight is 469 g/mol. The lowest BCUT2D eigenvalue weighted by Gasteiger charge is -2.33. The molecule has 7 heteroatoms. The van der Waals surface area contributed by atoms with Crippen LogP contribution in [0.4, 0.5) is 11.5 Å². The van der Waals surface area contributed by atoms with Crippen molar-refractivity contribution in [2.24, 2.45) is 5.92 Å². The number of hydrogen-bond donors (Lipinski definition) is 1. The summed E-state index contributed by atoms with van der Waals surface area (Å²) in [4.78, 5) is 24.6. The van der Waals surface area contributed by atoms with Gasteiger partial charge in [-0.1, -0.05) is 35.0 Å². The van der Waals surface area contributed by atoms with Crippen LogP contribution in [0.15, 0.2) is 53.0 Å². The van der Waals surface area contributed by atoms with E-state index in [1.807, 2.05) is 48.5 Å². The molecule has 1 saturated heterocycles. The summed E-state index contributed by atoms with van der Waals surface area (Å²) >= 11 is 3.42. The molecule has 2 aromatic carbocycles. The van der Waals surface area contributed by atoms with E-state index in [4.69, 9.17) is 14.7 Å². The number of carbonyl (C=O) groups excluding carboxylic acids is 1. The highest BCUT2D eigenvalue weighted by molar-refractivity contribution is 9.10. The average Bonchev–Trinajstić information content (AvgIpc) is 2.78. The first kappa shape index (κ1) is 20.6. The molecule has 30 heavy (non-hydrogen) atoms. The van der Waals surface area contributed by atoms with Crippen LogP contribution in [-0.2, 0) is 4.79 Å². The molecule has 1 aliphatic rings. The van der Waals surface area contributed by atoms with Gasteiger partial charge >= 0.3 is 0 Å². The summed E-state index contributed by atoms with van der Waals surface area (Å²) < 4.78 is 6.91. The van der Waals surface area contributed by atoms with Crippen molar-refractivity contribution >= 4 is 44.4 Å². The first-order valence-corrected chi connectivity index (χ1v) is 11.1. The molecule has 1 aromatic heterocycles. The van der Waals surface area contributed by atoms with Gasteiger partial charge in [0.15, 0.2) is 5.82 Å². The van der Waals surface area contributed by atoms with Crippen molar-refractivity contribution in [2.45, 2.75) is 26.2 Å². The number of ether oxygens (including phenoxy) is 1. The lowest BCUT2D eigenvalue weighted by Crippen LogP contribution is -2.41. The number of piperidine rings is 1. The van der Waals surface area contributed by atoms with Crippen LogP contribution in [0.5, 0.6) is 5.88 Å². The third-order valence-corrected chi connectivity index (χ3v) is 5.70. The van der Waals surface area contributed by atoms with Gasteiger partial charge in [-0.3, -0.25) is 4.79 Å². The quantitative estimate of drug-likeness (QED) is 0.548. The summed E-state index contributed by atoms with van der Waals surface area (Å²) in [6, 6.07) is 15.4. The fourth-order valence-corrected chi connectivity index (χ4v) is 3.90. The second kappa shape index (κ2) is 9.43. The minimum absolute atomic E-state index is 0.0341. The molecule has 6 nitrogen and oxygen atoms in total. The minimum atomic E-state index is -0.116. The van der Waals surface area contributed by atoms with Crippen LogP contribution in [0.3, 0.4) is 0 Å². The Balaban J connectivity index is 1.55. The van der Waals surface area contributed by atoms with Gasteiger partial charge in [0.1, 0.15) is 0 Å². The summed E-state index contributed by atoms with van der Waals surface area (Å²) in [5.74, 6) is 1.19. The number of aromatic nitrogens is 2. The highest BCUT2D eigenvalue weighted by atomic mass is 79.9. The summed E-state index contributed by atoms with van der Waals surface area (Å²) in [6.07, 6.45) is 2.66. The van der Waals surface area contributed by atoms with Gasteiger partial charge in [0.25, 0.3) is 5.88 Å². The Morgan fingerprint density at radius 1 is 1.17 bits per heavy atom. The number of anilines is 2. The van der Waals surface area contributed by atoms with Crippen LogP contribution in [0.2, 0.25) is 0 Å². The van der Waals surface area contributed by atoms with E-state index in [0.29, 0.717) is 19.0 Å². The topological polar surface area (TPSA) is 67.4 Å². The van der Waals surface area contributed by atoms with E-state index in [1.165, 1.54) is 0 Å². The molecule has 1 N–H and O–H groups in total. The zero-order chi connectivity index (χ0) is 20.9. The maximum absolute atomic E-state index is 12.9. The van der Waals surface area contributed by atoms with Crippen LogP contribution in [0.25, 0.3) is 11.0 Å². The largest absolute Gasteiger partial charge is 0.475 e. The van der Waals surface area contributed by atoms with E-state index in [0.717, 1.165) is 52.8 Å². The highest BCUT2D eigenvalue weighted by Gasteiger charge is 2.29. The predicted octanol–water partition coefficient (Wildman–Crippen LogP) is 5.04. The second-order valence-electron chi connectivity index (χ2n) is 7.47. The molecule has 3 aromatic rings. The molecule has 4 rings (SSSR count). The summed E-state index contributed by atoms with van der Waals surface area (Å²) in [6.45, 7) is 4.08. The van der Waals surface area contributed by atoms with Crippen LogP contribution >= 0.6 is 15.9 Å². The van der Waals surface area contributed by atoms with Crippen molar-refractivity contribution < 1.29 is 9.53 Å². The van der Waals surface area contributed by atoms with E-state index in [2.05, 4.69) is 33.1 Å². The zero-order valence-corrected chi connectivity index (χ0v) is 18.6. The Bertz CT molecular complexity index is 1030. The molecular formula is C23H25BrN4O2. The number of amides is 1. The number of halogens is 1. The predicted molar refractivity (Wildman–Crippen MR) is 123 cm³/mol. The van der Waals surface area contributed by atoms with E-state index in [9.17, 15) is 4.79 Å². The van der Waals surface area contributed by atoms with Gasteiger partial charge < -0.3 is 15.0 Å². The summed E-state index contributed by atoms with van der Waals surface area (Å²) in [5, 5.41) is 3.04. The Morgan fingerprint density at radius 3 is 2.63 bits per heavy atom. The number of nitrogens with zero attached hydrogens (tertiary/aromatic N) is 3. The van der Waals surface area contributed by atoms with Crippen molar-refractivity contribution in [1.82, 2.24) is 9.97 Å². The molecule has 1 fully saturated rings. The second-order valence-corrected chi connectivity index (χ2v) is 8.39. The number of rotatable bonds is 6. The van der Waals surface area contributed by atoms with Crippen LogP contribution in [0, 0.1) is 5.92 Å². The fraction of sp³-hybridized carbons (Fsp3) is 0.348. The van der Waals surface area contributed by atoms with Gasteiger partial charge in [-0.25, -0.2) is 9.97 Å². The molecule has 1 aliphatic heterocycles. The summed E-state index contributed by atoms with van der Waals surface area (Å²) in [7, 11) is 0. The van der Waals surface area contributed by atoms with Gasteiger partial charge in [0.2, 0.25) is 5.91 Å². The molecule has 1 unspecified atom stereocenters. The van der Waals surface area contributed by atoms with E-state index in [1.54, 1.807) is 0 Å². The monoisotopic (exact) mass is 468 g/mol. The normalized spacial score (nSPS) is 16.5. The van der Waals surface area contributed by atoms with Crippen LogP contribution in [0.1, 0.15) is 26.2 Å². The van der Waals surface area contributed by atoms with Gasteiger partial charge in [-0.05, 0) is 55.7 Å². The number of hydrogen-bond acceptors (Lipinski definition) is 5. The lowest BCUT2D eigenvalue weighted by atomic mass is 9.97. The minimum Gasteiger partial charge on any atom is -0.475 e. The third-order valence-electron chi connectivity index (χ3n) is 5.17. The van der Waals surface area contributed by atoms with Gasteiger partial charge in [0.05, 0.1) is 23.6 Å². The summed E-state index contributed by atoms with van der Waals surface area (Å²) in [5.41, 5.74) is 2.45. The van der Waals surface area contributed by atoms with Gasteiger partial charge in [-0.15, -0.1) is 0 Å². The Labute approximate surface area is 184 Å². The van der Waals surface area contributed by atoms with E-state index < -0.39 is 0 Å². The first-order valence-electron chi connectivity index (χ1n) is 10.3. The standard InChI is InChI=1S/C23H25BrN4O2/c1-2-14-30-23-21(26-19-7-3-4-8-20(19)27-23)28-13-5-6-16(15-28)22(29)25-18-11-9-17(24)10-12-18/h3-4,7-12,16H,2,5-6,13-15H2,1H3,(H,25,29). The molecule has 1 amide bonds. The number of carbonyl (C=O) groups is 1. The molecule has 0 spiro atoms. The van der Waals surface area contributed by atoms with Crippen molar-refractivity contribution in [3.63, 3.8) is 0 Å². The SMILES string of the molecule is CCCOc1nc2ccccc2nc1N1CCCC(C(=O)Nc2ccc(Br)cc2)C1. The Hall–Kier alpha value is -2.67. The molecule has 0 radical (unpaired) electrons.